The number of benzene rings is 9. The van der Waals surface area contributed by atoms with Crippen molar-refractivity contribution in [2.24, 2.45) is 0 Å². The normalized spacial score (nSPS) is 11.9. The number of aromatic nitrogens is 2. The van der Waals surface area contributed by atoms with E-state index in [1.165, 1.54) is 75.5 Å². The van der Waals surface area contributed by atoms with E-state index in [9.17, 15) is 0 Å². The number of rotatable bonds is 7. The zero-order chi connectivity index (χ0) is 37.8. The summed E-state index contributed by atoms with van der Waals surface area (Å²) >= 11 is 0. The molecule has 2 heterocycles. The first-order chi connectivity index (χ1) is 28.3. The summed E-state index contributed by atoms with van der Waals surface area (Å²) in [6, 6.07) is 85.2. The lowest BCUT2D eigenvalue weighted by molar-refractivity contribution is 1.17. The second-order valence-corrected chi connectivity index (χ2v) is 18.6. The predicted octanol–water partition coefficient (Wildman–Crippen LogP) is 10.9. The van der Waals surface area contributed by atoms with Gasteiger partial charge in [0.25, 0.3) is 0 Å². The van der Waals surface area contributed by atoms with Gasteiger partial charge in [0, 0.05) is 32.9 Å². The summed E-state index contributed by atoms with van der Waals surface area (Å²) in [5.41, 5.74) is 9.53. The van der Waals surface area contributed by atoms with Crippen LogP contribution in [0.25, 0.3) is 66.1 Å². The molecule has 268 valence electrons. The van der Waals surface area contributed by atoms with Crippen molar-refractivity contribution < 1.29 is 0 Å². The Morgan fingerprint density at radius 1 is 0.281 bits per heavy atom. The average molecular weight is 743 g/mol. The molecule has 11 aromatic rings. The van der Waals surface area contributed by atoms with Crippen molar-refractivity contribution in [1.82, 2.24) is 9.13 Å². The molecule has 0 amide bonds. The molecule has 9 aromatic carbocycles. The first-order valence-corrected chi connectivity index (χ1v) is 21.7. The van der Waals surface area contributed by atoms with Crippen LogP contribution in [0.15, 0.2) is 231 Å². The van der Waals surface area contributed by atoms with Gasteiger partial charge < -0.3 is 9.13 Å². The van der Waals surface area contributed by atoms with Gasteiger partial charge in [0.05, 0.1) is 22.1 Å². The maximum atomic E-state index is 2.50. The first kappa shape index (κ1) is 33.2. The predicted molar refractivity (Wildman–Crippen MR) is 244 cm³/mol. The quantitative estimate of drug-likeness (QED) is 0.114. The molecule has 0 aliphatic heterocycles. The fraction of sp³-hybridized carbons (Fsp3) is 0. The highest BCUT2D eigenvalue weighted by Crippen LogP contribution is 2.38. The number of hydrogen-bond donors (Lipinski definition) is 0. The number of fused-ring (bicyclic) bond motifs is 6. The van der Waals surface area contributed by atoms with E-state index in [0.717, 1.165) is 11.4 Å². The summed E-state index contributed by atoms with van der Waals surface area (Å²) in [6.07, 6.45) is 0. The van der Waals surface area contributed by atoms with Gasteiger partial charge in [-0.15, -0.1) is 0 Å². The van der Waals surface area contributed by atoms with E-state index >= 15 is 0 Å². The third-order valence-electron chi connectivity index (χ3n) is 11.9. The lowest BCUT2D eigenvalue weighted by Crippen LogP contribution is -2.74. The van der Waals surface area contributed by atoms with Crippen LogP contribution < -0.4 is 20.7 Å². The van der Waals surface area contributed by atoms with E-state index in [1.54, 1.807) is 0 Å². The molecule has 0 spiro atoms. The summed E-state index contributed by atoms with van der Waals surface area (Å²) < 4.78 is 4.92. The molecule has 3 heteroatoms. The van der Waals surface area contributed by atoms with Crippen molar-refractivity contribution in [3.63, 3.8) is 0 Å². The molecular formula is C54H38N2Si. The van der Waals surface area contributed by atoms with Crippen LogP contribution in [0.3, 0.4) is 0 Å². The summed E-state index contributed by atoms with van der Waals surface area (Å²) in [5.74, 6) is 0. The van der Waals surface area contributed by atoms with Gasteiger partial charge >= 0.3 is 0 Å². The molecular weight excluding hydrogens is 705 g/mol. The molecule has 0 saturated carbocycles. The summed E-state index contributed by atoms with van der Waals surface area (Å²) in [7, 11) is -2.83. The molecule has 2 nitrogen and oxygen atoms in total. The van der Waals surface area contributed by atoms with Crippen LogP contribution in [0, 0.1) is 0 Å². The lowest BCUT2D eigenvalue weighted by atomic mass is 10.0. The van der Waals surface area contributed by atoms with Gasteiger partial charge in [-0.3, -0.25) is 0 Å². The van der Waals surface area contributed by atoms with Crippen LogP contribution in [0.4, 0.5) is 0 Å². The van der Waals surface area contributed by atoms with Crippen LogP contribution in [-0.2, 0) is 0 Å². The van der Waals surface area contributed by atoms with Crippen molar-refractivity contribution in [3.05, 3.63) is 231 Å². The topological polar surface area (TPSA) is 9.86 Å². The molecule has 0 fully saturated rings. The van der Waals surface area contributed by atoms with E-state index in [2.05, 4.69) is 240 Å². The van der Waals surface area contributed by atoms with E-state index in [-0.39, 0.29) is 0 Å². The molecule has 2 aromatic heterocycles. The molecule has 0 radical (unpaired) electrons. The molecule has 0 bridgehead atoms. The van der Waals surface area contributed by atoms with Gasteiger partial charge in [0.2, 0.25) is 0 Å². The van der Waals surface area contributed by atoms with Crippen molar-refractivity contribution in [2.45, 2.75) is 0 Å². The highest BCUT2D eigenvalue weighted by atomic mass is 28.3. The Kier molecular flexibility index (Phi) is 7.87. The van der Waals surface area contributed by atoms with Crippen molar-refractivity contribution in [1.29, 1.82) is 0 Å². The maximum Gasteiger partial charge on any atom is 0.180 e. The van der Waals surface area contributed by atoms with Crippen molar-refractivity contribution in [2.75, 3.05) is 0 Å². The zero-order valence-electron chi connectivity index (χ0n) is 31.3. The van der Waals surface area contributed by atoms with E-state index in [4.69, 9.17) is 0 Å². The molecule has 57 heavy (non-hydrogen) atoms. The molecule has 11 rings (SSSR count). The maximum absolute atomic E-state index is 2.83. The minimum atomic E-state index is -2.83. The Labute approximate surface area is 333 Å². The van der Waals surface area contributed by atoms with E-state index < -0.39 is 8.07 Å². The van der Waals surface area contributed by atoms with Gasteiger partial charge in [-0.05, 0) is 80.4 Å². The minimum Gasteiger partial charge on any atom is -0.309 e. The SMILES string of the molecule is c1ccc(-c2ccc3c4cc(-n5c6ccccc6c6c([Si](c7ccccc7)(c7ccccc7)c7ccccc7)cccc65)ccc4n(-c4ccccc4)c3c2)cc1. The van der Waals surface area contributed by atoms with Crippen LogP contribution in [0.1, 0.15) is 0 Å². The van der Waals surface area contributed by atoms with Crippen LogP contribution >= 0.6 is 0 Å². The Hall–Kier alpha value is -7.20. The van der Waals surface area contributed by atoms with Gasteiger partial charge in [0.15, 0.2) is 8.07 Å². The Bertz CT molecular complexity index is 3110. The summed E-state index contributed by atoms with van der Waals surface area (Å²) in [4.78, 5) is 0. The zero-order valence-corrected chi connectivity index (χ0v) is 32.3. The fourth-order valence-corrected chi connectivity index (χ4v) is 14.4. The minimum absolute atomic E-state index is 1.15. The number of hydrogen-bond acceptors (Lipinski definition) is 0. The average Bonchev–Trinajstić information content (AvgIpc) is 3.81. The lowest BCUT2D eigenvalue weighted by Gasteiger charge is -2.35. The molecule has 0 unspecified atom stereocenters. The Morgan fingerprint density at radius 2 is 0.807 bits per heavy atom. The number of nitrogens with zero attached hydrogens (tertiary/aromatic N) is 2. The monoisotopic (exact) mass is 742 g/mol. The highest BCUT2D eigenvalue weighted by molar-refractivity contribution is 7.20. The van der Waals surface area contributed by atoms with Crippen LogP contribution in [0.5, 0.6) is 0 Å². The second kappa shape index (κ2) is 13.5. The molecule has 0 atom stereocenters. The summed E-state index contributed by atoms with van der Waals surface area (Å²) in [6.45, 7) is 0. The molecule has 0 saturated heterocycles. The van der Waals surface area contributed by atoms with Gasteiger partial charge in [0.1, 0.15) is 0 Å². The fourth-order valence-electron chi connectivity index (χ4n) is 9.45. The standard InChI is InChI=1S/C54H38N2Si/c1-6-19-39(20-7-1)40-33-35-46-48-38-42(34-36-50(48)55(52(46)37-40)41-21-8-2-9-22-41)56-49-30-17-16-29-47(49)54-51(56)31-18-32-53(54)57(43-23-10-3-11-24-43,44-25-12-4-13-26-44)45-27-14-5-15-28-45/h1-38H. The van der Waals surface area contributed by atoms with Crippen LogP contribution in [-0.4, -0.2) is 17.2 Å². The molecule has 0 aliphatic rings. The first-order valence-electron chi connectivity index (χ1n) is 19.7. The Balaban J connectivity index is 1.22. The largest absolute Gasteiger partial charge is 0.309 e. The van der Waals surface area contributed by atoms with E-state index in [1.807, 2.05) is 0 Å². The number of para-hydroxylation sites is 2. The summed E-state index contributed by atoms with van der Waals surface area (Å²) in [5, 5.41) is 10.6. The molecule has 0 N–H and O–H groups in total. The van der Waals surface area contributed by atoms with Crippen LogP contribution in [0.2, 0.25) is 0 Å². The van der Waals surface area contributed by atoms with Crippen molar-refractivity contribution in [3.8, 4) is 22.5 Å². The van der Waals surface area contributed by atoms with Crippen molar-refractivity contribution >= 4 is 72.4 Å². The smallest absolute Gasteiger partial charge is 0.180 e. The second-order valence-electron chi connectivity index (χ2n) is 14.9. The highest BCUT2D eigenvalue weighted by Gasteiger charge is 2.43. The van der Waals surface area contributed by atoms with E-state index in [0.29, 0.717) is 0 Å². The Morgan fingerprint density at radius 3 is 1.46 bits per heavy atom. The van der Waals surface area contributed by atoms with Gasteiger partial charge in [-0.25, -0.2) is 0 Å². The third-order valence-corrected chi connectivity index (χ3v) is 16.7. The molecule has 0 aliphatic carbocycles. The van der Waals surface area contributed by atoms with Gasteiger partial charge in [-0.1, -0.05) is 182 Å². The van der Waals surface area contributed by atoms with Gasteiger partial charge in [-0.2, -0.15) is 0 Å². The third kappa shape index (κ3) is 5.17.